The van der Waals surface area contributed by atoms with E-state index < -0.39 is 0 Å². The minimum absolute atomic E-state index is 0.0948. The van der Waals surface area contributed by atoms with Crippen molar-refractivity contribution >= 4 is 10.9 Å². The van der Waals surface area contributed by atoms with Crippen molar-refractivity contribution in [3.05, 3.63) is 46.0 Å². The third-order valence-electron chi connectivity index (χ3n) is 3.22. The molecule has 0 saturated heterocycles. The quantitative estimate of drug-likeness (QED) is 0.777. The molecule has 1 heterocycles. The molecule has 0 fully saturated rings. The van der Waals surface area contributed by atoms with Crippen molar-refractivity contribution in [3.8, 4) is 0 Å². The van der Waals surface area contributed by atoms with Crippen LogP contribution in [0, 0.1) is 12.7 Å². The summed E-state index contributed by atoms with van der Waals surface area (Å²) in [5.74, 6) is -0.374. The summed E-state index contributed by atoms with van der Waals surface area (Å²) in [5, 5.41) is 0.451. The zero-order valence-corrected chi connectivity index (χ0v) is 11.3. The van der Waals surface area contributed by atoms with Gasteiger partial charge in [0.25, 0.3) is 0 Å². The zero-order valence-electron chi connectivity index (χ0n) is 11.3. The largest absolute Gasteiger partial charge is 0.385 e. The van der Waals surface area contributed by atoms with Gasteiger partial charge in [0.2, 0.25) is 0 Å². The molecule has 0 radical (unpaired) electrons. The molecular weight excluding hydrogens is 245 g/mol. The molecule has 1 aromatic carbocycles. The number of hydrogen-bond acceptors (Lipinski definition) is 2. The minimum Gasteiger partial charge on any atom is -0.385 e. The van der Waals surface area contributed by atoms with Gasteiger partial charge in [-0.05, 0) is 38.0 Å². The molecule has 0 saturated carbocycles. The number of hydrogen-bond donors (Lipinski definition) is 0. The zero-order chi connectivity index (χ0) is 13.8. The highest BCUT2D eigenvalue weighted by Crippen LogP contribution is 2.14. The molecule has 0 aliphatic carbocycles. The van der Waals surface area contributed by atoms with Crippen molar-refractivity contribution in [3.63, 3.8) is 0 Å². The molecule has 0 amide bonds. The summed E-state index contributed by atoms with van der Waals surface area (Å²) in [7, 11) is 1.68. The van der Waals surface area contributed by atoms with E-state index >= 15 is 0 Å². The first-order valence-electron chi connectivity index (χ1n) is 6.41. The van der Waals surface area contributed by atoms with Crippen LogP contribution in [-0.2, 0) is 11.3 Å². The molecule has 0 unspecified atom stereocenters. The van der Waals surface area contributed by atoms with Crippen LogP contribution in [0.3, 0.4) is 0 Å². The normalized spacial score (nSPS) is 11.1. The molecule has 19 heavy (non-hydrogen) atoms. The SMILES string of the molecule is COCCCCn1cc(C)c(=O)c2cc(F)ccc21. The van der Waals surface area contributed by atoms with Crippen molar-refractivity contribution in [1.29, 1.82) is 0 Å². The summed E-state index contributed by atoms with van der Waals surface area (Å²) in [6.45, 7) is 3.29. The van der Waals surface area contributed by atoms with Crippen LogP contribution < -0.4 is 5.43 Å². The number of ether oxygens (including phenoxy) is 1. The van der Waals surface area contributed by atoms with Gasteiger partial charge in [-0.1, -0.05) is 0 Å². The van der Waals surface area contributed by atoms with E-state index in [1.807, 2.05) is 10.8 Å². The van der Waals surface area contributed by atoms with Gasteiger partial charge in [0.1, 0.15) is 5.82 Å². The molecule has 1 aromatic heterocycles. The van der Waals surface area contributed by atoms with Crippen LogP contribution in [0.4, 0.5) is 4.39 Å². The lowest BCUT2D eigenvalue weighted by Gasteiger charge is -2.12. The Morgan fingerprint density at radius 3 is 2.84 bits per heavy atom. The molecule has 102 valence electrons. The van der Waals surface area contributed by atoms with Crippen molar-refractivity contribution in [2.75, 3.05) is 13.7 Å². The second kappa shape index (κ2) is 5.97. The molecule has 0 bridgehead atoms. The molecule has 2 rings (SSSR count). The van der Waals surface area contributed by atoms with Crippen LogP contribution in [0.15, 0.2) is 29.2 Å². The summed E-state index contributed by atoms with van der Waals surface area (Å²) in [6, 6.07) is 4.38. The maximum Gasteiger partial charge on any atom is 0.192 e. The van der Waals surface area contributed by atoms with E-state index in [9.17, 15) is 9.18 Å². The topological polar surface area (TPSA) is 31.2 Å². The maximum absolute atomic E-state index is 13.3. The van der Waals surface area contributed by atoms with Gasteiger partial charge < -0.3 is 9.30 Å². The van der Waals surface area contributed by atoms with E-state index in [0.717, 1.165) is 31.5 Å². The fourth-order valence-corrected chi connectivity index (χ4v) is 2.23. The Balaban J connectivity index is 2.38. The lowest BCUT2D eigenvalue weighted by Crippen LogP contribution is -2.13. The maximum atomic E-state index is 13.3. The fraction of sp³-hybridized carbons (Fsp3) is 0.400. The standard InChI is InChI=1S/C15H18FNO2/c1-11-10-17(7-3-4-8-19-2)14-6-5-12(16)9-13(14)15(11)18/h5-6,9-10H,3-4,7-8H2,1-2H3. The predicted molar refractivity (Wildman–Crippen MR) is 74.0 cm³/mol. The van der Waals surface area contributed by atoms with Crippen LogP contribution in [0.2, 0.25) is 0 Å². The monoisotopic (exact) mass is 263 g/mol. The number of unbranched alkanes of at least 4 members (excludes halogenated alkanes) is 1. The Morgan fingerprint density at radius 1 is 1.32 bits per heavy atom. The first-order valence-corrected chi connectivity index (χ1v) is 6.41. The number of rotatable bonds is 5. The number of halogens is 1. The summed E-state index contributed by atoms with van der Waals surface area (Å²) < 4.78 is 20.3. The molecule has 0 atom stereocenters. The van der Waals surface area contributed by atoms with Gasteiger partial charge in [-0.2, -0.15) is 0 Å². The van der Waals surface area contributed by atoms with Crippen LogP contribution in [-0.4, -0.2) is 18.3 Å². The third kappa shape index (κ3) is 3.01. The van der Waals surface area contributed by atoms with Gasteiger partial charge >= 0.3 is 0 Å². The predicted octanol–water partition coefficient (Wildman–Crippen LogP) is 2.88. The smallest absolute Gasteiger partial charge is 0.192 e. The lowest BCUT2D eigenvalue weighted by atomic mass is 10.1. The first-order chi connectivity index (χ1) is 9.13. The van der Waals surface area contributed by atoms with Crippen molar-refractivity contribution in [1.82, 2.24) is 4.57 Å². The number of methoxy groups -OCH3 is 1. The second-order valence-corrected chi connectivity index (χ2v) is 4.70. The Hall–Kier alpha value is -1.68. The van der Waals surface area contributed by atoms with E-state index in [2.05, 4.69) is 0 Å². The summed E-state index contributed by atoms with van der Waals surface area (Å²) in [6.07, 6.45) is 3.77. The minimum atomic E-state index is -0.374. The van der Waals surface area contributed by atoms with Gasteiger partial charge in [0, 0.05) is 37.4 Å². The van der Waals surface area contributed by atoms with Gasteiger partial charge in [-0.25, -0.2) is 4.39 Å². The second-order valence-electron chi connectivity index (χ2n) is 4.70. The van der Waals surface area contributed by atoms with Crippen LogP contribution in [0.5, 0.6) is 0 Å². The van der Waals surface area contributed by atoms with Crippen LogP contribution in [0.1, 0.15) is 18.4 Å². The molecule has 0 aliphatic rings. The van der Waals surface area contributed by atoms with Crippen molar-refractivity contribution in [2.45, 2.75) is 26.3 Å². The van der Waals surface area contributed by atoms with Gasteiger partial charge in [-0.3, -0.25) is 4.79 Å². The van der Waals surface area contributed by atoms with Crippen LogP contribution >= 0.6 is 0 Å². The Morgan fingerprint density at radius 2 is 2.11 bits per heavy atom. The number of aryl methyl sites for hydroxylation is 2. The number of benzene rings is 1. The first kappa shape index (κ1) is 13.7. The van der Waals surface area contributed by atoms with Crippen molar-refractivity contribution in [2.24, 2.45) is 0 Å². The molecule has 2 aromatic rings. The Kier molecular flexibility index (Phi) is 4.32. The van der Waals surface area contributed by atoms with Gasteiger partial charge in [-0.15, -0.1) is 0 Å². The molecule has 0 N–H and O–H groups in total. The van der Waals surface area contributed by atoms with E-state index in [1.54, 1.807) is 20.1 Å². The van der Waals surface area contributed by atoms with E-state index in [4.69, 9.17) is 4.74 Å². The number of nitrogens with zero attached hydrogens (tertiary/aromatic N) is 1. The van der Waals surface area contributed by atoms with E-state index in [1.165, 1.54) is 12.1 Å². The molecule has 0 spiro atoms. The highest BCUT2D eigenvalue weighted by atomic mass is 19.1. The Bertz CT molecular complexity index is 634. The number of pyridine rings is 1. The van der Waals surface area contributed by atoms with Crippen molar-refractivity contribution < 1.29 is 9.13 Å². The summed E-state index contributed by atoms with van der Waals surface area (Å²) in [4.78, 5) is 12.0. The lowest BCUT2D eigenvalue weighted by molar-refractivity contribution is 0.191. The number of fused-ring (bicyclic) bond motifs is 1. The highest BCUT2D eigenvalue weighted by Gasteiger charge is 2.07. The van der Waals surface area contributed by atoms with Crippen LogP contribution in [0.25, 0.3) is 10.9 Å². The molecule has 0 aliphatic heterocycles. The third-order valence-corrected chi connectivity index (χ3v) is 3.22. The number of aromatic nitrogens is 1. The molecule has 4 heteroatoms. The highest BCUT2D eigenvalue weighted by molar-refractivity contribution is 5.79. The van der Waals surface area contributed by atoms with Gasteiger partial charge in [0.15, 0.2) is 5.43 Å². The van der Waals surface area contributed by atoms with Gasteiger partial charge in [0.05, 0.1) is 5.52 Å². The van der Waals surface area contributed by atoms with E-state index in [0.29, 0.717) is 10.9 Å². The molecular formula is C15H18FNO2. The molecule has 3 nitrogen and oxygen atoms in total. The average molecular weight is 263 g/mol. The van der Waals surface area contributed by atoms with E-state index in [-0.39, 0.29) is 11.2 Å². The fourth-order valence-electron chi connectivity index (χ4n) is 2.23. The average Bonchev–Trinajstić information content (AvgIpc) is 2.40. The summed E-state index contributed by atoms with van der Waals surface area (Å²) >= 11 is 0. The Labute approximate surface area is 111 Å². The summed E-state index contributed by atoms with van der Waals surface area (Å²) in [5.41, 5.74) is 1.34.